The molecule has 0 unspecified atom stereocenters. The number of anilines is 1. The summed E-state index contributed by atoms with van der Waals surface area (Å²) in [6, 6.07) is 11.5. The predicted octanol–water partition coefficient (Wildman–Crippen LogP) is 4.74. The Hall–Kier alpha value is -1.25. The first-order chi connectivity index (χ1) is 8.15. The zero-order chi connectivity index (χ0) is 12.3. The molecule has 0 atom stereocenters. The Labute approximate surface area is 109 Å². The summed E-state index contributed by atoms with van der Waals surface area (Å²) in [5.41, 5.74) is 1.74. The lowest BCUT2D eigenvalue weighted by atomic mass is 10.2. The highest BCUT2D eigenvalue weighted by Crippen LogP contribution is 2.21. The van der Waals surface area contributed by atoms with Crippen LogP contribution in [0, 0.1) is 5.82 Å². The molecule has 0 aliphatic rings. The van der Waals surface area contributed by atoms with Gasteiger partial charge >= 0.3 is 0 Å². The predicted molar refractivity (Wildman–Crippen MR) is 70.2 cm³/mol. The third-order valence-electron chi connectivity index (χ3n) is 2.33. The van der Waals surface area contributed by atoms with Crippen LogP contribution < -0.4 is 5.32 Å². The lowest BCUT2D eigenvalue weighted by Gasteiger charge is -2.08. The molecule has 1 N–H and O–H groups in total. The van der Waals surface area contributed by atoms with E-state index in [9.17, 15) is 4.39 Å². The molecule has 0 fully saturated rings. The molecule has 0 bridgehead atoms. The van der Waals surface area contributed by atoms with Crippen molar-refractivity contribution >= 4 is 28.9 Å². The molecule has 0 saturated heterocycles. The fourth-order valence-electron chi connectivity index (χ4n) is 1.44. The van der Waals surface area contributed by atoms with E-state index < -0.39 is 0 Å². The van der Waals surface area contributed by atoms with Crippen LogP contribution >= 0.6 is 23.2 Å². The van der Waals surface area contributed by atoms with Crippen LogP contribution in [0.1, 0.15) is 5.56 Å². The van der Waals surface area contributed by atoms with E-state index in [1.54, 1.807) is 30.3 Å². The van der Waals surface area contributed by atoms with Crippen molar-refractivity contribution in [2.24, 2.45) is 0 Å². The van der Waals surface area contributed by atoms with Gasteiger partial charge in [0.25, 0.3) is 0 Å². The highest BCUT2D eigenvalue weighted by atomic mass is 35.5. The molecule has 1 nitrogen and oxygen atoms in total. The van der Waals surface area contributed by atoms with Crippen LogP contribution in [0.15, 0.2) is 42.5 Å². The molecule has 0 aliphatic carbocycles. The summed E-state index contributed by atoms with van der Waals surface area (Å²) in [5.74, 6) is -0.253. The summed E-state index contributed by atoms with van der Waals surface area (Å²) in [7, 11) is 0. The lowest BCUT2D eigenvalue weighted by molar-refractivity contribution is 0.628. The van der Waals surface area contributed by atoms with Gasteiger partial charge in [-0.15, -0.1) is 0 Å². The van der Waals surface area contributed by atoms with Gasteiger partial charge in [0.1, 0.15) is 5.82 Å². The van der Waals surface area contributed by atoms with E-state index >= 15 is 0 Å². The molecule has 0 amide bonds. The van der Waals surface area contributed by atoms with Crippen molar-refractivity contribution in [3.05, 3.63) is 63.9 Å². The molecule has 2 rings (SSSR count). The standard InChI is InChI=1S/C13H10Cl2FN/c14-10-1-6-13(15)9(7-10)8-17-12-4-2-11(16)3-5-12/h1-7,17H,8H2. The van der Waals surface area contributed by atoms with Crippen LogP contribution in [0.5, 0.6) is 0 Å². The Bertz CT molecular complexity index is 511. The average molecular weight is 270 g/mol. The highest BCUT2D eigenvalue weighted by molar-refractivity contribution is 6.33. The van der Waals surface area contributed by atoms with Gasteiger partial charge in [0, 0.05) is 22.3 Å². The second-order valence-corrected chi connectivity index (χ2v) is 4.44. The Morgan fingerprint density at radius 3 is 2.41 bits per heavy atom. The van der Waals surface area contributed by atoms with Gasteiger partial charge in [-0.2, -0.15) is 0 Å². The van der Waals surface area contributed by atoms with Gasteiger partial charge in [-0.05, 0) is 48.0 Å². The molecular formula is C13H10Cl2FN. The van der Waals surface area contributed by atoms with Gasteiger partial charge in [-0.1, -0.05) is 23.2 Å². The molecular weight excluding hydrogens is 260 g/mol. The van der Waals surface area contributed by atoms with Crippen LogP contribution in [0.3, 0.4) is 0 Å². The Morgan fingerprint density at radius 1 is 1.00 bits per heavy atom. The van der Waals surface area contributed by atoms with Crippen molar-refractivity contribution in [3.8, 4) is 0 Å². The first-order valence-electron chi connectivity index (χ1n) is 5.08. The molecule has 17 heavy (non-hydrogen) atoms. The lowest BCUT2D eigenvalue weighted by Crippen LogP contribution is -2.00. The van der Waals surface area contributed by atoms with Gasteiger partial charge in [0.2, 0.25) is 0 Å². The normalized spacial score (nSPS) is 10.3. The Kier molecular flexibility index (Phi) is 3.87. The maximum atomic E-state index is 12.7. The molecule has 0 aromatic heterocycles. The van der Waals surface area contributed by atoms with Crippen molar-refractivity contribution < 1.29 is 4.39 Å². The fraction of sp³-hybridized carbons (Fsp3) is 0.0769. The monoisotopic (exact) mass is 269 g/mol. The van der Waals surface area contributed by atoms with Crippen molar-refractivity contribution in [2.45, 2.75) is 6.54 Å². The van der Waals surface area contributed by atoms with Crippen LogP contribution in [0.25, 0.3) is 0 Å². The SMILES string of the molecule is Fc1ccc(NCc2cc(Cl)ccc2Cl)cc1. The van der Waals surface area contributed by atoms with Gasteiger partial charge in [-0.3, -0.25) is 0 Å². The quantitative estimate of drug-likeness (QED) is 0.849. The second-order valence-electron chi connectivity index (χ2n) is 3.60. The number of hydrogen-bond acceptors (Lipinski definition) is 1. The van der Waals surface area contributed by atoms with E-state index in [1.807, 2.05) is 0 Å². The minimum Gasteiger partial charge on any atom is -0.381 e. The summed E-state index contributed by atoms with van der Waals surface area (Å²) < 4.78 is 12.7. The summed E-state index contributed by atoms with van der Waals surface area (Å²) in [5, 5.41) is 4.45. The number of hydrogen-bond donors (Lipinski definition) is 1. The summed E-state index contributed by atoms with van der Waals surface area (Å²) >= 11 is 11.9. The van der Waals surface area contributed by atoms with Gasteiger partial charge in [0.05, 0.1) is 0 Å². The molecule has 0 radical (unpaired) electrons. The minimum absolute atomic E-state index is 0.253. The third-order valence-corrected chi connectivity index (χ3v) is 2.94. The molecule has 0 spiro atoms. The molecule has 0 heterocycles. The van der Waals surface area contributed by atoms with Crippen LogP contribution in [-0.4, -0.2) is 0 Å². The van der Waals surface area contributed by atoms with Crippen molar-refractivity contribution in [3.63, 3.8) is 0 Å². The Balaban J connectivity index is 2.07. The summed E-state index contributed by atoms with van der Waals surface area (Å²) in [6.07, 6.45) is 0. The number of nitrogens with one attached hydrogen (secondary N) is 1. The molecule has 0 aliphatic heterocycles. The first-order valence-corrected chi connectivity index (χ1v) is 5.84. The van der Waals surface area contributed by atoms with Crippen molar-refractivity contribution in [1.29, 1.82) is 0 Å². The maximum Gasteiger partial charge on any atom is 0.123 e. The van der Waals surface area contributed by atoms with Crippen molar-refractivity contribution in [1.82, 2.24) is 0 Å². The molecule has 2 aromatic rings. The van der Waals surface area contributed by atoms with Gasteiger partial charge in [-0.25, -0.2) is 4.39 Å². The van der Waals surface area contributed by atoms with E-state index in [2.05, 4.69) is 5.32 Å². The smallest absolute Gasteiger partial charge is 0.123 e. The number of halogens is 3. The van der Waals surface area contributed by atoms with Crippen LogP contribution in [0.2, 0.25) is 10.0 Å². The molecule has 4 heteroatoms. The largest absolute Gasteiger partial charge is 0.381 e. The van der Waals surface area contributed by atoms with Crippen LogP contribution in [0.4, 0.5) is 10.1 Å². The number of rotatable bonds is 3. The fourth-order valence-corrected chi connectivity index (χ4v) is 1.82. The van der Waals surface area contributed by atoms with E-state index in [-0.39, 0.29) is 5.82 Å². The zero-order valence-electron chi connectivity index (χ0n) is 8.88. The maximum absolute atomic E-state index is 12.7. The highest BCUT2D eigenvalue weighted by Gasteiger charge is 2.01. The van der Waals surface area contributed by atoms with E-state index in [4.69, 9.17) is 23.2 Å². The van der Waals surface area contributed by atoms with Gasteiger partial charge < -0.3 is 5.32 Å². The molecule has 2 aromatic carbocycles. The second kappa shape index (κ2) is 5.39. The van der Waals surface area contributed by atoms with E-state index in [0.717, 1.165) is 11.3 Å². The zero-order valence-corrected chi connectivity index (χ0v) is 10.4. The third kappa shape index (κ3) is 3.35. The van der Waals surface area contributed by atoms with Crippen molar-refractivity contribution in [2.75, 3.05) is 5.32 Å². The van der Waals surface area contributed by atoms with Gasteiger partial charge in [0.15, 0.2) is 0 Å². The summed E-state index contributed by atoms with van der Waals surface area (Å²) in [4.78, 5) is 0. The molecule has 88 valence electrons. The summed E-state index contributed by atoms with van der Waals surface area (Å²) in [6.45, 7) is 0.547. The topological polar surface area (TPSA) is 12.0 Å². The van der Waals surface area contributed by atoms with E-state index in [0.29, 0.717) is 16.6 Å². The van der Waals surface area contributed by atoms with E-state index in [1.165, 1.54) is 12.1 Å². The Morgan fingerprint density at radius 2 is 1.71 bits per heavy atom. The number of benzene rings is 2. The molecule has 0 saturated carbocycles. The van der Waals surface area contributed by atoms with Crippen LogP contribution in [-0.2, 0) is 6.54 Å². The first kappa shape index (κ1) is 12.2. The minimum atomic E-state index is -0.253. The average Bonchev–Trinajstić information content (AvgIpc) is 2.32.